The molecule has 0 aromatic heterocycles. The number of carboxylic acid groups (broad SMARTS) is 1. The van der Waals surface area contributed by atoms with E-state index >= 15 is 0 Å². The summed E-state index contributed by atoms with van der Waals surface area (Å²) in [6, 6.07) is 9.49. The number of unbranched alkanes of at least 4 members (excludes halogenated alkanes) is 2. The molecule has 0 heterocycles. The maximum Gasteiger partial charge on any atom is 0.312 e. The second-order valence-electron chi connectivity index (χ2n) is 4.48. The Balaban J connectivity index is 2.73. The van der Waals surface area contributed by atoms with E-state index in [1.165, 1.54) is 0 Å². The quantitative estimate of drug-likeness (QED) is 0.583. The van der Waals surface area contributed by atoms with E-state index in [0.717, 1.165) is 24.9 Å². The fourth-order valence-corrected chi connectivity index (χ4v) is 1.89. The lowest BCUT2D eigenvalue weighted by Crippen LogP contribution is -2.21. The summed E-state index contributed by atoms with van der Waals surface area (Å²) in [6.45, 7) is 3.92. The Morgan fingerprint density at radius 1 is 1.28 bits per heavy atom. The molecular formula is C15H21NO2. The zero-order valence-electron chi connectivity index (χ0n) is 11.1. The molecule has 0 spiro atoms. The summed E-state index contributed by atoms with van der Waals surface area (Å²) in [5.74, 6) is -1.24. The van der Waals surface area contributed by atoms with E-state index in [2.05, 4.69) is 11.9 Å². The largest absolute Gasteiger partial charge is 0.481 e. The van der Waals surface area contributed by atoms with E-state index < -0.39 is 11.9 Å². The molecule has 0 saturated carbocycles. The van der Waals surface area contributed by atoms with Crippen LogP contribution in [0, 0.1) is 5.92 Å². The molecule has 0 radical (unpaired) electrons. The van der Waals surface area contributed by atoms with Crippen LogP contribution < -0.4 is 0 Å². The summed E-state index contributed by atoms with van der Waals surface area (Å²) < 4.78 is 0. The Bertz CT molecular complexity index is 398. The number of carboxylic acids is 1. The van der Waals surface area contributed by atoms with Crippen molar-refractivity contribution in [2.45, 2.75) is 39.5 Å². The van der Waals surface area contributed by atoms with Crippen LogP contribution in [-0.4, -0.2) is 16.8 Å². The zero-order valence-corrected chi connectivity index (χ0v) is 11.1. The van der Waals surface area contributed by atoms with Crippen LogP contribution in [0.5, 0.6) is 0 Å². The van der Waals surface area contributed by atoms with Crippen molar-refractivity contribution in [3.63, 3.8) is 0 Å². The Labute approximate surface area is 109 Å². The first kappa shape index (κ1) is 14.4. The molecule has 18 heavy (non-hydrogen) atoms. The van der Waals surface area contributed by atoms with Gasteiger partial charge in [-0.15, -0.1) is 0 Å². The van der Waals surface area contributed by atoms with Crippen LogP contribution in [0.1, 0.15) is 39.5 Å². The van der Waals surface area contributed by atoms with Crippen LogP contribution in [0.15, 0.2) is 35.3 Å². The molecule has 1 unspecified atom stereocenters. The van der Waals surface area contributed by atoms with E-state index in [4.69, 9.17) is 0 Å². The molecule has 1 rings (SSSR count). The molecule has 1 aromatic carbocycles. The van der Waals surface area contributed by atoms with Crippen LogP contribution >= 0.6 is 0 Å². The molecule has 0 aliphatic carbocycles. The number of hydrogen-bond acceptors (Lipinski definition) is 2. The zero-order chi connectivity index (χ0) is 13.4. The molecule has 0 aliphatic rings. The van der Waals surface area contributed by atoms with Crippen LogP contribution in [-0.2, 0) is 4.79 Å². The number of aliphatic carboxylic acids is 1. The lowest BCUT2D eigenvalue weighted by atomic mass is 9.97. The van der Waals surface area contributed by atoms with Gasteiger partial charge in [-0.2, -0.15) is 0 Å². The third-order valence-electron chi connectivity index (χ3n) is 2.96. The summed E-state index contributed by atoms with van der Waals surface area (Å²) in [5.41, 5.74) is 1.50. The Hall–Kier alpha value is -1.64. The molecule has 3 nitrogen and oxygen atoms in total. The van der Waals surface area contributed by atoms with Crippen molar-refractivity contribution in [2.24, 2.45) is 10.9 Å². The number of benzene rings is 1. The number of nitrogens with zero attached hydrogens (tertiary/aromatic N) is 1. The number of aliphatic imine (C=N–C) groups is 1. The molecule has 0 fully saturated rings. The van der Waals surface area contributed by atoms with E-state index in [9.17, 15) is 9.90 Å². The third kappa shape index (κ3) is 4.70. The number of rotatable bonds is 7. The molecule has 98 valence electrons. The molecule has 0 bridgehead atoms. The van der Waals surface area contributed by atoms with Gasteiger partial charge in [0.15, 0.2) is 0 Å². The molecule has 3 heteroatoms. The van der Waals surface area contributed by atoms with Crippen molar-refractivity contribution in [2.75, 3.05) is 0 Å². The van der Waals surface area contributed by atoms with Crippen LogP contribution in [0.3, 0.4) is 0 Å². The second kappa shape index (κ2) is 7.64. The molecule has 0 amide bonds. The van der Waals surface area contributed by atoms with Crippen molar-refractivity contribution in [1.29, 1.82) is 0 Å². The highest BCUT2D eigenvalue weighted by atomic mass is 16.4. The molecule has 1 atom stereocenters. The van der Waals surface area contributed by atoms with Crippen molar-refractivity contribution in [1.82, 2.24) is 0 Å². The van der Waals surface area contributed by atoms with Gasteiger partial charge in [-0.1, -0.05) is 44.4 Å². The van der Waals surface area contributed by atoms with Crippen LogP contribution in [0.25, 0.3) is 0 Å². The predicted molar refractivity (Wildman–Crippen MR) is 74.5 cm³/mol. The van der Waals surface area contributed by atoms with Gasteiger partial charge in [-0.25, -0.2) is 0 Å². The van der Waals surface area contributed by atoms with Gasteiger partial charge in [-0.05, 0) is 25.5 Å². The van der Waals surface area contributed by atoms with E-state index in [1.807, 2.05) is 30.3 Å². The van der Waals surface area contributed by atoms with E-state index in [0.29, 0.717) is 12.1 Å². The second-order valence-corrected chi connectivity index (χ2v) is 4.48. The van der Waals surface area contributed by atoms with E-state index in [1.54, 1.807) is 6.92 Å². The van der Waals surface area contributed by atoms with Crippen molar-refractivity contribution in [3.05, 3.63) is 30.3 Å². The van der Waals surface area contributed by atoms with Gasteiger partial charge in [0.05, 0.1) is 11.6 Å². The number of para-hydroxylation sites is 1. The first-order valence-corrected chi connectivity index (χ1v) is 6.48. The van der Waals surface area contributed by atoms with Gasteiger partial charge in [-0.3, -0.25) is 9.79 Å². The van der Waals surface area contributed by atoms with Gasteiger partial charge in [0.2, 0.25) is 0 Å². The Kier molecular flexibility index (Phi) is 6.12. The lowest BCUT2D eigenvalue weighted by molar-refractivity contribution is -0.139. The third-order valence-corrected chi connectivity index (χ3v) is 2.96. The number of hydrogen-bond donors (Lipinski definition) is 1. The first-order valence-electron chi connectivity index (χ1n) is 6.48. The normalized spacial score (nSPS) is 13.3. The Morgan fingerprint density at radius 2 is 1.94 bits per heavy atom. The lowest BCUT2D eigenvalue weighted by Gasteiger charge is -2.11. The molecule has 1 N–H and O–H groups in total. The SMILES string of the molecule is CCCCCC(C(=O)O)/C(C)=N\c1ccccc1. The molecule has 0 aliphatic heterocycles. The minimum Gasteiger partial charge on any atom is -0.481 e. The van der Waals surface area contributed by atoms with Crippen molar-refractivity contribution < 1.29 is 9.90 Å². The Morgan fingerprint density at radius 3 is 2.50 bits per heavy atom. The average Bonchev–Trinajstić information content (AvgIpc) is 2.35. The fourth-order valence-electron chi connectivity index (χ4n) is 1.89. The summed E-state index contributed by atoms with van der Waals surface area (Å²) in [4.78, 5) is 15.6. The van der Waals surface area contributed by atoms with Gasteiger partial charge in [0, 0.05) is 5.71 Å². The monoisotopic (exact) mass is 247 g/mol. The van der Waals surface area contributed by atoms with Crippen molar-refractivity contribution in [3.8, 4) is 0 Å². The van der Waals surface area contributed by atoms with Crippen LogP contribution in [0.2, 0.25) is 0 Å². The average molecular weight is 247 g/mol. The standard InChI is InChI=1S/C15H21NO2/c1-3-4-6-11-14(15(17)18)12(2)16-13-9-7-5-8-10-13/h5,7-10,14H,3-4,6,11H2,1-2H3,(H,17,18)/b16-12-. The topological polar surface area (TPSA) is 49.7 Å². The molecular weight excluding hydrogens is 226 g/mol. The summed E-state index contributed by atoms with van der Waals surface area (Å²) >= 11 is 0. The first-order chi connectivity index (χ1) is 8.65. The highest BCUT2D eigenvalue weighted by Crippen LogP contribution is 2.17. The van der Waals surface area contributed by atoms with Gasteiger partial charge >= 0.3 is 5.97 Å². The van der Waals surface area contributed by atoms with Crippen LogP contribution in [0.4, 0.5) is 5.69 Å². The molecule has 1 aromatic rings. The highest BCUT2D eigenvalue weighted by molar-refractivity contribution is 6.01. The smallest absolute Gasteiger partial charge is 0.312 e. The minimum absolute atomic E-state index is 0.461. The highest BCUT2D eigenvalue weighted by Gasteiger charge is 2.20. The minimum atomic E-state index is -0.775. The van der Waals surface area contributed by atoms with Gasteiger partial charge in [0.1, 0.15) is 0 Å². The maximum absolute atomic E-state index is 11.2. The fraction of sp³-hybridized carbons (Fsp3) is 0.467. The maximum atomic E-state index is 11.2. The molecule has 0 saturated heterocycles. The summed E-state index contributed by atoms with van der Waals surface area (Å²) in [6.07, 6.45) is 3.78. The number of carbonyl (C=O) groups is 1. The van der Waals surface area contributed by atoms with Crippen molar-refractivity contribution >= 4 is 17.4 Å². The van der Waals surface area contributed by atoms with Gasteiger partial charge < -0.3 is 5.11 Å². The summed E-state index contributed by atoms with van der Waals surface area (Å²) in [7, 11) is 0. The summed E-state index contributed by atoms with van der Waals surface area (Å²) in [5, 5.41) is 9.24. The predicted octanol–water partition coefficient (Wildman–Crippen LogP) is 4.06. The van der Waals surface area contributed by atoms with Gasteiger partial charge in [0.25, 0.3) is 0 Å². The van der Waals surface area contributed by atoms with E-state index in [-0.39, 0.29) is 0 Å².